The highest BCUT2D eigenvalue weighted by atomic mass is 16.4. The van der Waals surface area contributed by atoms with Gasteiger partial charge in [0.2, 0.25) is 17.0 Å². The molecule has 1 aromatic heterocycles. The van der Waals surface area contributed by atoms with Crippen LogP contribution in [0.3, 0.4) is 0 Å². The van der Waals surface area contributed by atoms with Crippen molar-refractivity contribution in [3.8, 4) is 0 Å². The average molecular weight is 130 g/mol. The molecular weight excluding hydrogens is 126 g/mol. The minimum Gasteiger partial charge on any atom is -0.479 e. The first kappa shape index (κ1) is 5.60. The lowest BCUT2D eigenvalue weighted by Gasteiger charge is -1.81. The van der Waals surface area contributed by atoms with E-state index in [0.717, 1.165) is 4.80 Å². The molecule has 48 valence electrons. The van der Waals surface area contributed by atoms with Crippen molar-refractivity contribution in [3.63, 3.8) is 0 Å². The van der Waals surface area contributed by atoms with Crippen molar-refractivity contribution >= 4 is 5.97 Å². The summed E-state index contributed by atoms with van der Waals surface area (Å²) in [5, 5.41) is 20.0. The van der Waals surface area contributed by atoms with Gasteiger partial charge in [0.05, 0.1) is 0 Å². The summed E-state index contributed by atoms with van der Waals surface area (Å²) in [4.78, 5) is 10.9. The fourth-order valence-corrected chi connectivity index (χ4v) is 0.355. The van der Waals surface area contributed by atoms with Crippen LogP contribution in [-0.2, 0) is 11.3 Å². The van der Waals surface area contributed by atoms with Crippen molar-refractivity contribution in [2.75, 3.05) is 0 Å². The first-order valence-electron chi connectivity index (χ1n) is 2.14. The fourth-order valence-electron chi connectivity index (χ4n) is 0.355. The zero-order valence-corrected chi connectivity index (χ0v) is 4.35. The molecule has 0 saturated heterocycles. The van der Waals surface area contributed by atoms with E-state index in [-0.39, 0.29) is 6.54 Å². The van der Waals surface area contributed by atoms with Crippen molar-refractivity contribution in [3.05, 3.63) is 0 Å². The molecule has 0 aliphatic heterocycles. The van der Waals surface area contributed by atoms with E-state index in [1.165, 1.54) is 0 Å². The van der Waals surface area contributed by atoms with Crippen molar-refractivity contribution in [1.29, 1.82) is 0 Å². The molecule has 7 heteroatoms. The Labute approximate surface area is 49.3 Å². The number of nitrogens with one attached hydrogen (secondary N) is 1. The zero-order valence-electron chi connectivity index (χ0n) is 4.35. The summed E-state index contributed by atoms with van der Waals surface area (Å²) in [6.07, 6.45) is 0. The number of aromatic nitrogens is 5. The lowest BCUT2D eigenvalue weighted by atomic mass is 10.7. The highest BCUT2D eigenvalue weighted by Gasteiger charge is 2.05. The monoisotopic (exact) mass is 130 g/mol. The van der Waals surface area contributed by atoms with Crippen LogP contribution in [0.4, 0.5) is 0 Å². The maximum Gasteiger partial charge on any atom is 0.342 e. The maximum atomic E-state index is 9.93. The summed E-state index contributed by atoms with van der Waals surface area (Å²) < 4.78 is 0. The normalized spacial score (nSPS) is 9.33. The zero-order chi connectivity index (χ0) is 6.69. The summed E-state index contributed by atoms with van der Waals surface area (Å²) in [5.41, 5.74) is 0. The quantitative estimate of drug-likeness (QED) is 0.434. The Morgan fingerprint density at radius 2 is 2.56 bits per heavy atom. The third-order valence-electron chi connectivity index (χ3n) is 0.638. The topological polar surface area (TPSA) is 95.6 Å². The fraction of sp³-hybridized carbons (Fsp3) is 0.500. The molecule has 2 N–H and O–H groups in total. The molecule has 0 saturated carbocycles. The number of hydrogen-bond donors (Lipinski definition) is 2. The lowest BCUT2D eigenvalue weighted by Crippen LogP contribution is -2.42. The van der Waals surface area contributed by atoms with Crippen LogP contribution in [0.15, 0.2) is 0 Å². The van der Waals surface area contributed by atoms with Crippen LogP contribution in [0.25, 0.3) is 0 Å². The average Bonchev–Trinajstić information content (AvgIpc) is 2.15. The van der Waals surface area contributed by atoms with E-state index in [0.29, 0.717) is 0 Å². The van der Waals surface area contributed by atoms with E-state index < -0.39 is 5.97 Å². The minimum atomic E-state index is -0.987. The van der Waals surface area contributed by atoms with Gasteiger partial charge in [-0.2, -0.15) is 0 Å². The molecule has 0 atom stereocenters. The molecule has 0 radical (unpaired) electrons. The summed E-state index contributed by atoms with van der Waals surface area (Å²) in [6.45, 7) is -0.243. The molecule has 0 aliphatic carbocycles. The van der Waals surface area contributed by atoms with Gasteiger partial charge >= 0.3 is 5.97 Å². The Morgan fingerprint density at radius 3 is 3.00 bits per heavy atom. The van der Waals surface area contributed by atoms with Gasteiger partial charge < -0.3 is 5.11 Å². The van der Waals surface area contributed by atoms with Crippen LogP contribution < -0.4 is 4.80 Å². The predicted octanol–water partition coefficient (Wildman–Crippen LogP) is -2.43. The number of carboxylic acid groups (broad SMARTS) is 1. The van der Waals surface area contributed by atoms with Gasteiger partial charge in [-0.05, 0) is 0 Å². The molecule has 1 heterocycles. The Bertz CT molecular complexity index is 193. The minimum absolute atomic E-state index is 0.243. The lowest BCUT2D eigenvalue weighted by molar-refractivity contribution is -0.797. The SMILES string of the molecule is O=C(O)C[n+]1nnn[nH]1. The summed E-state index contributed by atoms with van der Waals surface area (Å²) in [7, 11) is 0. The molecule has 0 aliphatic rings. The second-order valence-electron chi connectivity index (χ2n) is 1.33. The Balaban J connectivity index is 2.58. The molecule has 1 rings (SSSR count). The number of nitrogens with zero attached hydrogens (tertiary/aromatic N) is 4. The molecule has 0 fully saturated rings. The second-order valence-corrected chi connectivity index (χ2v) is 1.33. The second kappa shape index (κ2) is 2.16. The summed E-state index contributed by atoms with van der Waals surface area (Å²) in [6, 6.07) is 0. The molecule has 0 spiro atoms. The Kier molecular flexibility index (Phi) is 1.34. The van der Waals surface area contributed by atoms with Gasteiger partial charge in [0, 0.05) is 0 Å². The standard InChI is InChI=1S/C2H3N5O2/c8-2(9)1-7-5-3-4-6-7/h1H2,(H,8,9)/p+1. The number of carbonyl (C=O) groups is 1. The third kappa shape index (κ3) is 1.44. The Morgan fingerprint density at radius 1 is 1.78 bits per heavy atom. The summed E-state index contributed by atoms with van der Waals surface area (Å²) in [5.74, 6) is -0.987. The molecule has 7 nitrogen and oxygen atoms in total. The van der Waals surface area contributed by atoms with E-state index in [1.807, 2.05) is 0 Å². The first-order valence-corrected chi connectivity index (χ1v) is 2.14. The number of H-pyrrole nitrogens is 1. The highest BCUT2D eigenvalue weighted by Crippen LogP contribution is 1.56. The van der Waals surface area contributed by atoms with Crippen LogP contribution in [0.5, 0.6) is 0 Å². The highest BCUT2D eigenvalue weighted by molar-refractivity contribution is 5.64. The van der Waals surface area contributed by atoms with Gasteiger partial charge in [0.15, 0.2) is 0 Å². The van der Waals surface area contributed by atoms with Gasteiger partial charge in [0.25, 0.3) is 0 Å². The molecule has 0 amide bonds. The molecule has 9 heavy (non-hydrogen) atoms. The molecule has 0 unspecified atom stereocenters. The first-order chi connectivity index (χ1) is 4.29. The van der Waals surface area contributed by atoms with E-state index >= 15 is 0 Å². The van der Waals surface area contributed by atoms with E-state index in [1.54, 1.807) is 0 Å². The van der Waals surface area contributed by atoms with Crippen LogP contribution in [-0.4, -0.2) is 31.9 Å². The van der Waals surface area contributed by atoms with Crippen LogP contribution in [0, 0.1) is 0 Å². The van der Waals surface area contributed by atoms with Gasteiger partial charge in [-0.15, -0.1) is 0 Å². The third-order valence-corrected chi connectivity index (χ3v) is 0.638. The van der Waals surface area contributed by atoms with Crippen LogP contribution in [0.1, 0.15) is 0 Å². The summed E-state index contributed by atoms with van der Waals surface area (Å²) >= 11 is 0. The van der Waals surface area contributed by atoms with Gasteiger partial charge in [-0.3, -0.25) is 0 Å². The van der Waals surface area contributed by atoms with Crippen molar-refractivity contribution in [2.45, 2.75) is 6.54 Å². The van der Waals surface area contributed by atoms with Crippen LogP contribution >= 0.6 is 0 Å². The Hall–Kier alpha value is -1.53. The molecule has 0 aromatic carbocycles. The number of carboxylic acids is 1. The van der Waals surface area contributed by atoms with Crippen molar-refractivity contribution in [2.24, 2.45) is 0 Å². The van der Waals surface area contributed by atoms with E-state index in [9.17, 15) is 4.79 Å². The van der Waals surface area contributed by atoms with Crippen molar-refractivity contribution in [1.82, 2.24) is 20.9 Å². The van der Waals surface area contributed by atoms with Crippen LogP contribution in [0.2, 0.25) is 0 Å². The maximum absolute atomic E-state index is 9.93. The predicted molar refractivity (Wildman–Crippen MR) is 22.0 cm³/mol. The molecule has 1 aromatic rings. The van der Waals surface area contributed by atoms with Gasteiger partial charge in [-0.1, -0.05) is 10.0 Å². The number of aliphatic carboxylic acids is 1. The number of rotatable bonds is 2. The number of hydrogen-bond acceptors (Lipinski definition) is 4. The molecular formula is C2H4N5O2+. The van der Waals surface area contributed by atoms with Gasteiger partial charge in [-0.25, -0.2) is 4.79 Å². The van der Waals surface area contributed by atoms with E-state index in [4.69, 9.17) is 5.11 Å². The molecule has 0 bridgehead atoms. The smallest absolute Gasteiger partial charge is 0.342 e. The van der Waals surface area contributed by atoms with Gasteiger partial charge in [0.1, 0.15) is 5.21 Å². The number of aromatic amines is 1. The van der Waals surface area contributed by atoms with Crippen molar-refractivity contribution < 1.29 is 14.7 Å². The largest absolute Gasteiger partial charge is 0.479 e. The van der Waals surface area contributed by atoms with E-state index in [2.05, 4.69) is 20.9 Å².